The van der Waals surface area contributed by atoms with Crippen LogP contribution in [0.3, 0.4) is 0 Å². The predicted molar refractivity (Wildman–Crippen MR) is 118 cm³/mol. The van der Waals surface area contributed by atoms with E-state index in [0.717, 1.165) is 38.5 Å². The molecule has 1 aliphatic heterocycles. The van der Waals surface area contributed by atoms with Crippen molar-refractivity contribution in [3.63, 3.8) is 0 Å². The van der Waals surface area contributed by atoms with Crippen molar-refractivity contribution in [3.8, 4) is 0 Å². The number of nitrogens with zero attached hydrogens (tertiary/aromatic N) is 1. The first-order chi connectivity index (χ1) is 14.5. The van der Waals surface area contributed by atoms with E-state index in [-0.39, 0.29) is 12.6 Å². The van der Waals surface area contributed by atoms with Crippen LogP contribution in [0.5, 0.6) is 0 Å². The van der Waals surface area contributed by atoms with E-state index >= 15 is 0 Å². The molecule has 1 atom stereocenters. The highest BCUT2D eigenvalue weighted by atomic mass is 32.2. The van der Waals surface area contributed by atoms with Crippen LogP contribution in [-0.4, -0.2) is 50.2 Å². The standard InChI is InChI=1S/C21H31N3O4S2/c25-20(22-13-11-17-7-2-1-3-8-17)21(26)23-14-12-18-9-4-5-15-24(18)30(27,28)19-10-6-16-29-19/h6-7,10,16,18H,1-5,8-9,11-15H2,(H,22,25)(H,23,26). The quantitative estimate of drug-likeness (QED) is 0.467. The second kappa shape index (κ2) is 11.1. The van der Waals surface area contributed by atoms with E-state index in [1.54, 1.807) is 21.8 Å². The third-order valence-corrected chi connectivity index (χ3v) is 9.04. The number of sulfonamides is 1. The van der Waals surface area contributed by atoms with Gasteiger partial charge in [0, 0.05) is 25.7 Å². The maximum absolute atomic E-state index is 12.9. The van der Waals surface area contributed by atoms with Gasteiger partial charge in [-0.05, 0) is 62.8 Å². The number of piperidine rings is 1. The second-order valence-electron chi connectivity index (χ2n) is 7.86. The third kappa shape index (κ3) is 6.15. The van der Waals surface area contributed by atoms with Crippen LogP contribution >= 0.6 is 11.3 Å². The van der Waals surface area contributed by atoms with Crippen LogP contribution < -0.4 is 10.6 Å². The molecule has 7 nitrogen and oxygen atoms in total. The van der Waals surface area contributed by atoms with Crippen LogP contribution in [0.1, 0.15) is 57.8 Å². The van der Waals surface area contributed by atoms with E-state index in [1.807, 2.05) is 0 Å². The van der Waals surface area contributed by atoms with E-state index in [0.29, 0.717) is 23.7 Å². The Bertz CT molecular complexity index is 850. The van der Waals surface area contributed by atoms with Crippen molar-refractivity contribution >= 4 is 33.2 Å². The molecule has 0 radical (unpaired) electrons. The van der Waals surface area contributed by atoms with Gasteiger partial charge in [0.15, 0.2) is 0 Å². The van der Waals surface area contributed by atoms with Crippen molar-refractivity contribution < 1.29 is 18.0 Å². The van der Waals surface area contributed by atoms with E-state index in [1.165, 1.54) is 29.8 Å². The fourth-order valence-electron chi connectivity index (χ4n) is 4.09. The number of thiophene rings is 1. The van der Waals surface area contributed by atoms with Gasteiger partial charge in [-0.2, -0.15) is 4.31 Å². The van der Waals surface area contributed by atoms with Crippen molar-refractivity contribution in [2.75, 3.05) is 19.6 Å². The minimum atomic E-state index is -3.50. The smallest absolute Gasteiger partial charge is 0.309 e. The van der Waals surface area contributed by atoms with Gasteiger partial charge in [-0.25, -0.2) is 8.42 Å². The highest BCUT2D eigenvalue weighted by Gasteiger charge is 2.33. The Balaban J connectivity index is 1.43. The highest BCUT2D eigenvalue weighted by molar-refractivity contribution is 7.91. The lowest BCUT2D eigenvalue weighted by Crippen LogP contribution is -2.46. The Hall–Kier alpha value is -1.71. The SMILES string of the molecule is O=C(NCCC1=CCCCC1)C(=O)NCCC1CCCCN1S(=O)(=O)c1cccs1. The molecule has 0 bridgehead atoms. The van der Waals surface area contributed by atoms with Crippen LogP contribution in [0.2, 0.25) is 0 Å². The Morgan fingerprint density at radius 3 is 2.60 bits per heavy atom. The molecule has 1 fully saturated rings. The van der Waals surface area contributed by atoms with Crippen molar-refractivity contribution in [2.45, 2.75) is 68.0 Å². The molecule has 30 heavy (non-hydrogen) atoms. The largest absolute Gasteiger partial charge is 0.348 e. The molecule has 3 rings (SSSR count). The van der Waals surface area contributed by atoms with E-state index in [9.17, 15) is 18.0 Å². The molecule has 166 valence electrons. The van der Waals surface area contributed by atoms with Gasteiger partial charge in [-0.3, -0.25) is 9.59 Å². The lowest BCUT2D eigenvalue weighted by Gasteiger charge is -2.34. The van der Waals surface area contributed by atoms with Crippen molar-refractivity contribution in [1.29, 1.82) is 0 Å². The molecule has 9 heteroatoms. The monoisotopic (exact) mass is 453 g/mol. The lowest BCUT2D eigenvalue weighted by molar-refractivity contribution is -0.139. The summed E-state index contributed by atoms with van der Waals surface area (Å²) < 4.78 is 27.7. The molecule has 2 N–H and O–H groups in total. The molecule has 1 aliphatic carbocycles. The summed E-state index contributed by atoms with van der Waals surface area (Å²) in [6.07, 6.45) is 10.7. The molecular formula is C21H31N3O4S2. The summed E-state index contributed by atoms with van der Waals surface area (Å²) in [5.41, 5.74) is 1.35. The molecule has 2 aliphatic rings. The number of rotatable bonds is 8. The number of carbonyl (C=O) groups excluding carboxylic acids is 2. The van der Waals surface area contributed by atoms with Crippen molar-refractivity contribution in [2.24, 2.45) is 0 Å². The van der Waals surface area contributed by atoms with Crippen LogP contribution in [0, 0.1) is 0 Å². The average molecular weight is 454 g/mol. The fourth-order valence-corrected chi connectivity index (χ4v) is 6.93. The Morgan fingerprint density at radius 1 is 1.10 bits per heavy atom. The third-order valence-electron chi connectivity index (χ3n) is 5.72. The number of carbonyl (C=O) groups is 2. The normalized spacial score (nSPS) is 20.4. The summed E-state index contributed by atoms with van der Waals surface area (Å²) >= 11 is 1.22. The molecule has 1 aromatic rings. The zero-order chi connectivity index (χ0) is 21.4. The number of nitrogens with one attached hydrogen (secondary N) is 2. The summed E-state index contributed by atoms with van der Waals surface area (Å²) in [6.45, 7) is 1.24. The van der Waals surface area contributed by atoms with E-state index in [2.05, 4.69) is 16.7 Å². The van der Waals surface area contributed by atoms with Crippen LogP contribution in [0.4, 0.5) is 0 Å². The maximum Gasteiger partial charge on any atom is 0.309 e. The minimum absolute atomic E-state index is 0.160. The summed E-state index contributed by atoms with van der Waals surface area (Å²) in [7, 11) is -3.50. The maximum atomic E-state index is 12.9. The average Bonchev–Trinajstić information content (AvgIpc) is 3.30. The summed E-state index contributed by atoms with van der Waals surface area (Å²) in [5, 5.41) is 7.07. The van der Waals surface area contributed by atoms with Crippen molar-refractivity contribution in [3.05, 3.63) is 29.2 Å². The van der Waals surface area contributed by atoms with Gasteiger partial charge in [0.2, 0.25) is 0 Å². The molecule has 1 unspecified atom stereocenters. The van der Waals surface area contributed by atoms with Crippen molar-refractivity contribution in [1.82, 2.24) is 14.9 Å². The Kier molecular flexibility index (Phi) is 8.47. The van der Waals surface area contributed by atoms with Gasteiger partial charge >= 0.3 is 11.8 Å². The number of hydrogen-bond acceptors (Lipinski definition) is 5. The summed E-state index contributed by atoms with van der Waals surface area (Å²) in [4.78, 5) is 24.1. The van der Waals surface area contributed by atoms with Gasteiger partial charge in [0.25, 0.3) is 10.0 Å². The Morgan fingerprint density at radius 2 is 1.90 bits per heavy atom. The number of amides is 2. The van der Waals surface area contributed by atoms with Crippen LogP contribution in [0.25, 0.3) is 0 Å². The first-order valence-electron chi connectivity index (χ1n) is 10.8. The first-order valence-corrected chi connectivity index (χ1v) is 13.1. The van der Waals surface area contributed by atoms with E-state index in [4.69, 9.17) is 0 Å². The van der Waals surface area contributed by atoms with Gasteiger partial charge in [0.05, 0.1) is 0 Å². The highest BCUT2D eigenvalue weighted by Crippen LogP contribution is 2.29. The molecule has 2 heterocycles. The van der Waals surface area contributed by atoms with Crippen LogP contribution in [-0.2, 0) is 19.6 Å². The van der Waals surface area contributed by atoms with Gasteiger partial charge in [-0.15, -0.1) is 11.3 Å². The molecular weight excluding hydrogens is 422 g/mol. The zero-order valence-electron chi connectivity index (χ0n) is 17.3. The van der Waals surface area contributed by atoms with Crippen LogP contribution in [0.15, 0.2) is 33.4 Å². The molecule has 0 aromatic carbocycles. The summed E-state index contributed by atoms with van der Waals surface area (Å²) in [5.74, 6) is -1.28. The minimum Gasteiger partial charge on any atom is -0.348 e. The summed E-state index contributed by atoms with van der Waals surface area (Å²) in [6, 6.07) is 3.20. The zero-order valence-corrected chi connectivity index (χ0v) is 18.9. The van der Waals surface area contributed by atoms with E-state index < -0.39 is 21.8 Å². The number of allylic oxidation sites excluding steroid dienone is 1. The number of hydrogen-bond donors (Lipinski definition) is 2. The molecule has 1 saturated heterocycles. The Labute approximate surface area is 183 Å². The topological polar surface area (TPSA) is 95.6 Å². The molecule has 1 aromatic heterocycles. The fraction of sp³-hybridized carbons (Fsp3) is 0.619. The molecule has 0 saturated carbocycles. The first kappa shape index (κ1) is 23.0. The van der Waals surface area contributed by atoms with Gasteiger partial charge < -0.3 is 10.6 Å². The second-order valence-corrected chi connectivity index (χ2v) is 10.9. The molecule has 0 spiro atoms. The van der Waals surface area contributed by atoms with Gasteiger partial charge in [0.1, 0.15) is 4.21 Å². The van der Waals surface area contributed by atoms with Gasteiger partial charge in [-0.1, -0.05) is 24.1 Å². The molecule has 2 amide bonds. The lowest BCUT2D eigenvalue weighted by atomic mass is 9.97. The predicted octanol–water partition coefficient (Wildman–Crippen LogP) is 2.80.